The van der Waals surface area contributed by atoms with Gasteiger partial charge in [-0.15, -0.1) is 0 Å². The molecule has 2 aliphatic rings. The van der Waals surface area contributed by atoms with Gasteiger partial charge in [-0.2, -0.15) is 0 Å². The largest absolute Gasteiger partial charge is 0.514 e. The molecule has 2 N–H and O–H groups in total. The lowest BCUT2D eigenvalue weighted by atomic mass is 9.94. The Morgan fingerprint density at radius 1 is 0.580 bits per heavy atom. The molecule has 2 saturated carbocycles. The number of ether oxygens (including phenoxy) is 6. The minimum Gasteiger partial charge on any atom is -0.444 e. The molecule has 2 aromatic carbocycles. The molecule has 2 aliphatic carbocycles. The highest BCUT2D eigenvalue weighted by molar-refractivity contribution is 5.70. The van der Waals surface area contributed by atoms with Crippen molar-refractivity contribution in [1.29, 1.82) is 0 Å². The van der Waals surface area contributed by atoms with Gasteiger partial charge < -0.3 is 39.1 Å². The van der Waals surface area contributed by atoms with E-state index in [4.69, 9.17) is 28.4 Å². The summed E-state index contributed by atoms with van der Waals surface area (Å²) in [5.74, 6) is 0.944. The van der Waals surface area contributed by atoms with Crippen LogP contribution in [0.3, 0.4) is 0 Å². The molecule has 0 spiro atoms. The predicted molar refractivity (Wildman–Crippen MR) is 186 cm³/mol. The summed E-state index contributed by atoms with van der Waals surface area (Å²) >= 11 is 0. The molecule has 0 radical (unpaired) electrons. The summed E-state index contributed by atoms with van der Waals surface area (Å²) in [5, 5.41) is 5.80. The zero-order valence-corrected chi connectivity index (χ0v) is 30.8. The molecule has 2 amide bonds. The molecule has 0 aliphatic heterocycles. The number of alkyl carbamates (subject to hydrolysis) is 2. The number of hydrogen-bond donors (Lipinski definition) is 2. The van der Waals surface area contributed by atoms with Crippen molar-refractivity contribution >= 4 is 24.5 Å². The van der Waals surface area contributed by atoms with Gasteiger partial charge in [-0.25, -0.2) is 19.2 Å². The second-order valence-corrected chi connectivity index (χ2v) is 16.3. The van der Waals surface area contributed by atoms with Crippen LogP contribution in [-0.4, -0.2) is 59.0 Å². The summed E-state index contributed by atoms with van der Waals surface area (Å²) in [6.45, 7) is 17.9. The van der Waals surface area contributed by atoms with E-state index >= 15 is 0 Å². The molecule has 2 aromatic rings. The molecule has 2 fully saturated rings. The topological polar surface area (TPSA) is 148 Å². The third-order valence-electron chi connectivity index (χ3n) is 8.03. The summed E-state index contributed by atoms with van der Waals surface area (Å²) in [6, 6.07) is 14.2. The lowest BCUT2D eigenvalue weighted by Gasteiger charge is -2.30. The van der Waals surface area contributed by atoms with E-state index in [1.54, 1.807) is 65.0 Å². The van der Waals surface area contributed by atoms with Crippen LogP contribution in [0.1, 0.15) is 118 Å². The van der Waals surface area contributed by atoms with Crippen molar-refractivity contribution in [2.75, 3.05) is 0 Å². The summed E-state index contributed by atoms with van der Waals surface area (Å²) < 4.78 is 32.6. The Morgan fingerprint density at radius 2 is 1.06 bits per heavy atom. The fraction of sp³-hybridized carbons (Fsp3) is 0.579. The SMILES string of the molecule is CC(C)(C)OC(=O)N[C@@H]1C[C@H]1c1cccc(OC(=O)OC(C)(C)CCC(C)(C)OC(=O)N[C@@H]2C[C@H]2c2ccc(OC(=O)OC(C)(C)C)cc2)c1. The van der Waals surface area contributed by atoms with Gasteiger partial charge in [-0.3, -0.25) is 0 Å². The van der Waals surface area contributed by atoms with E-state index in [1.807, 2.05) is 52.8 Å². The van der Waals surface area contributed by atoms with Crippen LogP contribution < -0.4 is 20.1 Å². The lowest BCUT2D eigenvalue weighted by Crippen LogP contribution is -2.38. The van der Waals surface area contributed by atoms with Crippen molar-refractivity contribution in [3.8, 4) is 11.5 Å². The lowest BCUT2D eigenvalue weighted by molar-refractivity contribution is -0.0220. The van der Waals surface area contributed by atoms with Gasteiger partial charge in [-0.05, 0) is 130 Å². The van der Waals surface area contributed by atoms with Crippen LogP contribution in [0.2, 0.25) is 0 Å². The first kappa shape index (κ1) is 38.3. The average Bonchev–Trinajstić information content (AvgIpc) is 3.87. The van der Waals surface area contributed by atoms with Crippen molar-refractivity contribution in [3.05, 3.63) is 59.7 Å². The molecule has 0 unspecified atom stereocenters. The van der Waals surface area contributed by atoms with Gasteiger partial charge >= 0.3 is 24.5 Å². The van der Waals surface area contributed by atoms with E-state index in [2.05, 4.69) is 10.6 Å². The number of amides is 2. The minimum absolute atomic E-state index is 0.0456. The normalized spacial score (nSPS) is 20.1. The van der Waals surface area contributed by atoms with Gasteiger partial charge in [0.25, 0.3) is 0 Å². The first-order valence-electron chi connectivity index (χ1n) is 17.1. The maximum Gasteiger partial charge on any atom is 0.514 e. The van der Waals surface area contributed by atoms with Crippen molar-refractivity contribution in [1.82, 2.24) is 10.6 Å². The second-order valence-electron chi connectivity index (χ2n) is 16.3. The number of carbonyl (C=O) groups is 4. The van der Waals surface area contributed by atoms with E-state index < -0.39 is 46.9 Å². The van der Waals surface area contributed by atoms with Gasteiger partial charge in [-0.1, -0.05) is 24.3 Å². The third-order valence-corrected chi connectivity index (χ3v) is 8.03. The van der Waals surface area contributed by atoms with Crippen LogP contribution in [0.25, 0.3) is 0 Å². The van der Waals surface area contributed by atoms with E-state index in [0.29, 0.717) is 24.3 Å². The molecule has 274 valence electrons. The maximum absolute atomic E-state index is 12.8. The Morgan fingerprint density at radius 3 is 1.62 bits per heavy atom. The van der Waals surface area contributed by atoms with Gasteiger partial charge in [0, 0.05) is 23.9 Å². The summed E-state index contributed by atoms with van der Waals surface area (Å²) in [6.07, 6.45) is -0.225. The highest BCUT2D eigenvalue weighted by Gasteiger charge is 2.42. The Balaban J connectivity index is 1.17. The highest BCUT2D eigenvalue weighted by Crippen LogP contribution is 2.43. The molecule has 0 bridgehead atoms. The average molecular weight is 697 g/mol. The fourth-order valence-corrected chi connectivity index (χ4v) is 5.34. The van der Waals surface area contributed by atoms with Crippen molar-refractivity contribution in [2.24, 2.45) is 0 Å². The molecular weight excluding hydrogens is 644 g/mol. The summed E-state index contributed by atoms with van der Waals surface area (Å²) in [4.78, 5) is 49.5. The molecule has 4 atom stereocenters. The van der Waals surface area contributed by atoms with Crippen LogP contribution in [0.5, 0.6) is 11.5 Å². The zero-order valence-electron chi connectivity index (χ0n) is 30.8. The minimum atomic E-state index is -0.897. The fourth-order valence-electron chi connectivity index (χ4n) is 5.34. The van der Waals surface area contributed by atoms with Crippen molar-refractivity contribution in [3.63, 3.8) is 0 Å². The van der Waals surface area contributed by atoms with Crippen LogP contribution in [-0.2, 0) is 18.9 Å². The van der Waals surface area contributed by atoms with Crippen LogP contribution in [0, 0.1) is 0 Å². The van der Waals surface area contributed by atoms with Crippen LogP contribution in [0.15, 0.2) is 48.5 Å². The molecule has 0 saturated heterocycles. The Hall–Kier alpha value is -4.48. The molecule has 12 heteroatoms. The van der Waals surface area contributed by atoms with Gasteiger partial charge in [0.15, 0.2) is 0 Å². The number of nitrogens with one attached hydrogen (secondary N) is 2. The first-order valence-corrected chi connectivity index (χ1v) is 17.1. The summed E-state index contributed by atoms with van der Waals surface area (Å²) in [5.41, 5.74) is -1.00. The number of carbonyl (C=O) groups excluding carboxylic acids is 4. The number of rotatable bonds is 11. The van der Waals surface area contributed by atoms with Gasteiger partial charge in [0.05, 0.1) is 0 Å². The zero-order chi connectivity index (χ0) is 37.1. The first-order chi connectivity index (χ1) is 23.1. The maximum atomic E-state index is 12.8. The van der Waals surface area contributed by atoms with E-state index in [9.17, 15) is 19.2 Å². The van der Waals surface area contributed by atoms with Gasteiger partial charge in [0.1, 0.15) is 33.9 Å². The molecule has 4 rings (SSSR count). The Labute approximate surface area is 294 Å². The van der Waals surface area contributed by atoms with E-state index in [0.717, 1.165) is 24.0 Å². The standard InChI is InChI=1S/C38H52N2O10/c1-35(2,3)47-31(41)39-30-22-28(30)24-12-11-13-26(20-24)46-34(44)50-38(9,10)19-18-37(7,8)48-32(42)40-29-21-27(29)23-14-16-25(17-15-23)45-33(43)49-36(4,5)6/h11-17,20,27-30H,18-19,21-22H2,1-10H3,(H,39,41)(H,40,42)/t27-,28-,29+,30+/m0/s1. The van der Waals surface area contributed by atoms with Gasteiger partial charge in [0.2, 0.25) is 0 Å². The van der Waals surface area contributed by atoms with Crippen LogP contribution >= 0.6 is 0 Å². The predicted octanol–water partition coefficient (Wildman–Crippen LogP) is 8.52. The molecular formula is C38H52N2O10. The monoisotopic (exact) mass is 696 g/mol. The molecule has 50 heavy (non-hydrogen) atoms. The Bertz CT molecular complexity index is 1540. The smallest absolute Gasteiger partial charge is 0.444 e. The van der Waals surface area contributed by atoms with Crippen LogP contribution in [0.4, 0.5) is 19.2 Å². The quantitative estimate of drug-likeness (QED) is 0.133. The van der Waals surface area contributed by atoms with Crippen molar-refractivity contribution in [2.45, 2.75) is 141 Å². The van der Waals surface area contributed by atoms with E-state index in [1.165, 1.54) is 0 Å². The number of hydrogen-bond acceptors (Lipinski definition) is 10. The summed E-state index contributed by atoms with van der Waals surface area (Å²) in [7, 11) is 0. The third kappa shape index (κ3) is 12.8. The second kappa shape index (κ2) is 14.8. The molecule has 0 heterocycles. The molecule has 12 nitrogen and oxygen atoms in total. The number of benzene rings is 2. The van der Waals surface area contributed by atoms with Crippen molar-refractivity contribution < 1.29 is 47.6 Å². The molecule has 0 aromatic heterocycles. The Kier molecular flexibility index (Phi) is 11.3. The highest BCUT2D eigenvalue weighted by atomic mass is 16.7. The van der Waals surface area contributed by atoms with E-state index in [-0.39, 0.29) is 23.9 Å².